The van der Waals surface area contributed by atoms with Gasteiger partial charge in [-0.3, -0.25) is 14.8 Å². The van der Waals surface area contributed by atoms with E-state index in [2.05, 4.69) is 27.1 Å². The molecule has 0 bridgehead atoms. The van der Waals surface area contributed by atoms with Gasteiger partial charge in [0.15, 0.2) is 5.96 Å². The zero-order valence-corrected chi connectivity index (χ0v) is 17.3. The molecule has 0 aliphatic carbocycles. The van der Waals surface area contributed by atoms with Gasteiger partial charge in [-0.1, -0.05) is 6.42 Å². The molecule has 0 atom stereocenters. The maximum Gasteiger partial charge on any atom is 0.188 e. The standard InChI is InChI=1S/C20H40N6O/c1-24-12-6-20(7-13-24,26-10-3-2-4-11-26)18-23-19(21)22-8-5-9-25-14-16-27-17-15-25/h2-18H2,1H3,(H3,21,22,23). The van der Waals surface area contributed by atoms with E-state index in [1.165, 1.54) is 58.3 Å². The van der Waals surface area contributed by atoms with E-state index in [0.717, 1.165) is 52.4 Å². The fraction of sp³-hybridized carbons (Fsp3) is 0.950. The maximum absolute atomic E-state index is 6.20. The first-order chi connectivity index (χ1) is 13.2. The predicted octanol–water partition coefficient (Wildman–Crippen LogP) is 0.563. The van der Waals surface area contributed by atoms with Gasteiger partial charge in [-0.15, -0.1) is 0 Å². The highest BCUT2D eigenvalue weighted by Gasteiger charge is 2.39. The molecule has 3 aliphatic rings. The Morgan fingerprint density at radius 1 is 1.04 bits per heavy atom. The van der Waals surface area contributed by atoms with Crippen LogP contribution in [0.25, 0.3) is 0 Å². The third kappa shape index (κ3) is 6.31. The average Bonchev–Trinajstić information content (AvgIpc) is 2.72. The number of likely N-dealkylation sites (tertiary alicyclic amines) is 2. The Labute approximate surface area is 165 Å². The zero-order valence-electron chi connectivity index (χ0n) is 17.3. The van der Waals surface area contributed by atoms with Gasteiger partial charge in [0.1, 0.15) is 0 Å². The number of rotatable bonds is 7. The Bertz CT molecular complexity index is 451. The van der Waals surface area contributed by atoms with E-state index in [4.69, 9.17) is 15.5 Å². The van der Waals surface area contributed by atoms with Crippen LogP contribution in [0.2, 0.25) is 0 Å². The van der Waals surface area contributed by atoms with Crippen molar-refractivity contribution in [2.45, 2.75) is 44.1 Å². The molecule has 0 amide bonds. The molecule has 3 aliphatic heterocycles. The van der Waals surface area contributed by atoms with E-state index in [-0.39, 0.29) is 5.54 Å². The molecular weight excluding hydrogens is 340 g/mol. The summed E-state index contributed by atoms with van der Waals surface area (Å²) in [5, 5.41) is 3.33. The zero-order chi connectivity index (χ0) is 19.0. The van der Waals surface area contributed by atoms with Crippen molar-refractivity contribution in [2.75, 3.05) is 79.2 Å². The van der Waals surface area contributed by atoms with Gasteiger partial charge >= 0.3 is 0 Å². The summed E-state index contributed by atoms with van der Waals surface area (Å²) in [6.07, 6.45) is 7.54. The number of nitrogens with zero attached hydrogens (tertiary/aromatic N) is 4. The monoisotopic (exact) mass is 380 g/mol. The van der Waals surface area contributed by atoms with Crippen LogP contribution in [0, 0.1) is 0 Å². The fourth-order valence-corrected chi connectivity index (χ4v) is 4.61. The van der Waals surface area contributed by atoms with Gasteiger partial charge < -0.3 is 20.7 Å². The number of guanidine groups is 1. The average molecular weight is 381 g/mol. The number of ether oxygens (including phenoxy) is 1. The van der Waals surface area contributed by atoms with Crippen LogP contribution in [-0.4, -0.2) is 105 Å². The van der Waals surface area contributed by atoms with E-state index < -0.39 is 0 Å². The number of piperidine rings is 2. The number of hydrogen-bond donors (Lipinski definition) is 2. The minimum atomic E-state index is 0.215. The molecule has 0 aromatic rings. The van der Waals surface area contributed by atoms with Crippen LogP contribution < -0.4 is 11.1 Å². The summed E-state index contributed by atoms with van der Waals surface area (Å²) in [6.45, 7) is 11.5. The number of aliphatic imine (C=N–C) groups is 1. The first kappa shape index (κ1) is 20.8. The van der Waals surface area contributed by atoms with E-state index in [1.807, 2.05) is 0 Å². The molecule has 7 heteroatoms. The van der Waals surface area contributed by atoms with Crippen molar-refractivity contribution in [1.82, 2.24) is 20.0 Å². The highest BCUT2D eigenvalue weighted by Crippen LogP contribution is 2.31. The smallest absolute Gasteiger partial charge is 0.188 e. The van der Waals surface area contributed by atoms with Crippen molar-refractivity contribution in [1.29, 1.82) is 0 Å². The second-order valence-corrected chi connectivity index (χ2v) is 8.51. The fourth-order valence-electron chi connectivity index (χ4n) is 4.61. The molecule has 0 radical (unpaired) electrons. The highest BCUT2D eigenvalue weighted by atomic mass is 16.5. The van der Waals surface area contributed by atoms with E-state index in [0.29, 0.717) is 5.96 Å². The molecule has 27 heavy (non-hydrogen) atoms. The molecule has 3 fully saturated rings. The molecule has 3 saturated heterocycles. The number of nitrogens with two attached hydrogens (primary N) is 1. The molecule has 7 nitrogen and oxygen atoms in total. The van der Waals surface area contributed by atoms with Crippen LogP contribution in [0.4, 0.5) is 0 Å². The van der Waals surface area contributed by atoms with Crippen LogP contribution in [0.15, 0.2) is 4.99 Å². The van der Waals surface area contributed by atoms with Crippen molar-refractivity contribution in [3.05, 3.63) is 0 Å². The molecule has 156 valence electrons. The lowest BCUT2D eigenvalue weighted by molar-refractivity contribution is 0.0208. The SMILES string of the molecule is CN1CCC(CN=C(N)NCCCN2CCOCC2)(N2CCCCC2)CC1. The van der Waals surface area contributed by atoms with Crippen molar-refractivity contribution >= 4 is 5.96 Å². The molecule has 3 heterocycles. The van der Waals surface area contributed by atoms with Gasteiger partial charge in [0.2, 0.25) is 0 Å². The minimum Gasteiger partial charge on any atom is -0.379 e. The van der Waals surface area contributed by atoms with Gasteiger partial charge in [-0.05, 0) is 71.9 Å². The molecule has 0 spiro atoms. The second kappa shape index (κ2) is 10.6. The normalized spacial score (nSPS) is 26.2. The molecule has 0 saturated carbocycles. The molecular formula is C20H40N6O. The highest BCUT2D eigenvalue weighted by molar-refractivity contribution is 5.77. The number of hydrogen-bond acceptors (Lipinski definition) is 5. The summed E-state index contributed by atoms with van der Waals surface area (Å²) in [6, 6.07) is 0. The molecule has 0 aromatic heterocycles. The Morgan fingerprint density at radius 2 is 1.74 bits per heavy atom. The van der Waals surface area contributed by atoms with Gasteiger partial charge in [-0.2, -0.15) is 0 Å². The Kier molecular flexibility index (Phi) is 8.18. The molecule has 0 aromatic carbocycles. The summed E-state index contributed by atoms with van der Waals surface area (Å²) < 4.78 is 5.40. The van der Waals surface area contributed by atoms with Crippen LogP contribution in [0.5, 0.6) is 0 Å². The minimum absolute atomic E-state index is 0.215. The van der Waals surface area contributed by atoms with Crippen molar-refractivity contribution in [3.63, 3.8) is 0 Å². The summed E-state index contributed by atoms with van der Waals surface area (Å²) in [5.41, 5.74) is 6.42. The largest absolute Gasteiger partial charge is 0.379 e. The molecule has 0 unspecified atom stereocenters. The van der Waals surface area contributed by atoms with E-state index in [9.17, 15) is 0 Å². The lowest BCUT2D eigenvalue weighted by atomic mass is 9.84. The lowest BCUT2D eigenvalue weighted by Gasteiger charge is -2.49. The first-order valence-corrected chi connectivity index (χ1v) is 11.0. The van der Waals surface area contributed by atoms with Crippen LogP contribution >= 0.6 is 0 Å². The third-order valence-corrected chi connectivity index (χ3v) is 6.55. The van der Waals surface area contributed by atoms with Gasteiger partial charge in [0, 0.05) is 25.2 Å². The van der Waals surface area contributed by atoms with Crippen molar-refractivity contribution in [2.24, 2.45) is 10.7 Å². The molecule has 3 N–H and O–H groups in total. The van der Waals surface area contributed by atoms with Crippen molar-refractivity contribution in [3.8, 4) is 0 Å². The summed E-state index contributed by atoms with van der Waals surface area (Å²) in [5.74, 6) is 0.618. The third-order valence-electron chi connectivity index (χ3n) is 6.55. The quantitative estimate of drug-likeness (QED) is 0.382. The van der Waals surface area contributed by atoms with Crippen molar-refractivity contribution < 1.29 is 4.74 Å². The van der Waals surface area contributed by atoms with E-state index >= 15 is 0 Å². The maximum atomic E-state index is 6.20. The lowest BCUT2D eigenvalue weighted by Crippen LogP contribution is -2.58. The summed E-state index contributed by atoms with van der Waals surface area (Å²) in [7, 11) is 2.23. The van der Waals surface area contributed by atoms with Gasteiger partial charge in [0.25, 0.3) is 0 Å². The summed E-state index contributed by atoms with van der Waals surface area (Å²) >= 11 is 0. The Balaban J connectivity index is 1.44. The Hall–Kier alpha value is -0.890. The summed E-state index contributed by atoms with van der Waals surface area (Å²) in [4.78, 5) is 12.4. The van der Waals surface area contributed by atoms with Crippen LogP contribution in [-0.2, 0) is 4.74 Å². The predicted molar refractivity (Wildman–Crippen MR) is 111 cm³/mol. The second-order valence-electron chi connectivity index (χ2n) is 8.51. The number of nitrogens with one attached hydrogen (secondary N) is 1. The van der Waals surface area contributed by atoms with Gasteiger partial charge in [-0.25, -0.2) is 0 Å². The topological polar surface area (TPSA) is 69.4 Å². The van der Waals surface area contributed by atoms with Crippen LogP contribution in [0.3, 0.4) is 0 Å². The van der Waals surface area contributed by atoms with E-state index in [1.54, 1.807) is 0 Å². The Morgan fingerprint density at radius 3 is 2.44 bits per heavy atom. The van der Waals surface area contributed by atoms with Crippen LogP contribution in [0.1, 0.15) is 38.5 Å². The van der Waals surface area contributed by atoms with Gasteiger partial charge in [0.05, 0.1) is 19.8 Å². The first-order valence-electron chi connectivity index (χ1n) is 11.0. The number of morpholine rings is 1. The molecule has 3 rings (SSSR count).